The van der Waals surface area contributed by atoms with Crippen molar-refractivity contribution in [1.29, 1.82) is 0 Å². The maximum Gasteiger partial charge on any atom is 0.127 e. The van der Waals surface area contributed by atoms with Gasteiger partial charge in [-0.2, -0.15) is 0 Å². The second-order valence-corrected chi connectivity index (χ2v) is 4.30. The van der Waals surface area contributed by atoms with Crippen LogP contribution >= 0.6 is 11.3 Å². The molecule has 0 spiro atoms. The van der Waals surface area contributed by atoms with E-state index in [1.807, 2.05) is 24.3 Å². The van der Waals surface area contributed by atoms with Crippen molar-refractivity contribution in [1.82, 2.24) is 4.98 Å². The highest BCUT2D eigenvalue weighted by molar-refractivity contribution is 7.16. The lowest BCUT2D eigenvalue weighted by molar-refractivity contribution is 0.300. The van der Waals surface area contributed by atoms with Gasteiger partial charge in [0.15, 0.2) is 0 Å². The average Bonchev–Trinajstić information content (AvgIpc) is 2.78. The summed E-state index contributed by atoms with van der Waals surface area (Å²) in [7, 11) is 0. The van der Waals surface area contributed by atoms with Crippen molar-refractivity contribution in [2.24, 2.45) is 0 Å². The van der Waals surface area contributed by atoms with Gasteiger partial charge in [0.25, 0.3) is 0 Å². The Morgan fingerprint density at radius 3 is 2.75 bits per heavy atom. The van der Waals surface area contributed by atoms with Crippen LogP contribution in [0.3, 0.4) is 0 Å². The largest absolute Gasteiger partial charge is 0.389 e. The fraction of sp³-hybridized carbons (Fsp3) is 0.0833. The summed E-state index contributed by atoms with van der Waals surface area (Å²) < 4.78 is 12.8. The Morgan fingerprint density at radius 2 is 2.06 bits per heavy atom. The van der Waals surface area contributed by atoms with Crippen molar-refractivity contribution in [2.75, 3.05) is 6.61 Å². The summed E-state index contributed by atoms with van der Waals surface area (Å²) >= 11 is 1.47. The molecule has 16 heavy (non-hydrogen) atoms. The van der Waals surface area contributed by atoms with Gasteiger partial charge in [0, 0.05) is 22.1 Å². The fourth-order valence-corrected chi connectivity index (χ4v) is 2.27. The highest BCUT2D eigenvalue weighted by atomic mass is 32.1. The summed E-state index contributed by atoms with van der Waals surface area (Å²) in [5.74, 6) is -0.525. The molecule has 4 heteroatoms. The van der Waals surface area contributed by atoms with Crippen LogP contribution in [0.4, 0.5) is 4.39 Å². The van der Waals surface area contributed by atoms with Crippen molar-refractivity contribution in [3.63, 3.8) is 0 Å². The molecule has 2 nitrogen and oxygen atoms in total. The SMILES string of the molecule is OC/C(F)=C\c1ccc(-c2ccncc2)s1. The number of hydrogen-bond acceptors (Lipinski definition) is 3. The topological polar surface area (TPSA) is 33.1 Å². The van der Waals surface area contributed by atoms with Crippen LogP contribution < -0.4 is 0 Å². The molecule has 0 fully saturated rings. The normalized spacial score (nSPS) is 11.8. The van der Waals surface area contributed by atoms with Crippen molar-refractivity contribution in [2.45, 2.75) is 0 Å². The second-order valence-electron chi connectivity index (χ2n) is 3.19. The van der Waals surface area contributed by atoms with Crippen molar-refractivity contribution in [3.8, 4) is 10.4 Å². The van der Waals surface area contributed by atoms with E-state index < -0.39 is 12.4 Å². The fourth-order valence-electron chi connectivity index (χ4n) is 1.30. The Hall–Kier alpha value is -1.52. The molecule has 0 radical (unpaired) electrons. The van der Waals surface area contributed by atoms with E-state index in [9.17, 15) is 4.39 Å². The van der Waals surface area contributed by atoms with Crippen LogP contribution in [0.15, 0.2) is 42.5 Å². The number of pyridine rings is 1. The van der Waals surface area contributed by atoms with Crippen LogP contribution in [0.5, 0.6) is 0 Å². The molecule has 1 N–H and O–H groups in total. The smallest absolute Gasteiger partial charge is 0.127 e. The maximum absolute atomic E-state index is 12.8. The summed E-state index contributed by atoms with van der Waals surface area (Å²) in [6.07, 6.45) is 4.78. The van der Waals surface area contributed by atoms with E-state index in [1.54, 1.807) is 12.4 Å². The van der Waals surface area contributed by atoms with Gasteiger partial charge in [0.1, 0.15) is 5.83 Å². The minimum Gasteiger partial charge on any atom is -0.389 e. The summed E-state index contributed by atoms with van der Waals surface area (Å²) in [6, 6.07) is 7.57. The number of halogens is 1. The van der Waals surface area contributed by atoms with E-state index in [0.717, 1.165) is 15.3 Å². The highest BCUT2D eigenvalue weighted by Gasteiger charge is 2.01. The number of nitrogens with zero attached hydrogens (tertiary/aromatic N) is 1. The van der Waals surface area contributed by atoms with Crippen molar-refractivity contribution in [3.05, 3.63) is 47.4 Å². The third-order valence-corrected chi connectivity index (χ3v) is 3.12. The predicted molar refractivity (Wildman–Crippen MR) is 63.7 cm³/mol. The lowest BCUT2D eigenvalue weighted by Crippen LogP contribution is -1.79. The first kappa shape index (κ1) is 11.0. The molecule has 2 aromatic rings. The monoisotopic (exact) mass is 235 g/mol. The minimum atomic E-state index is -0.553. The summed E-state index contributed by atoms with van der Waals surface area (Å²) in [6.45, 7) is -0.553. The van der Waals surface area contributed by atoms with Gasteiger partial charge in [-0.1, -0.05) is 0 Å². The third kappa shape index (κ3) is 2.53. The number of hydrogen-bond donors (Lipinski definition) is 1. The Kier molecular flexibility index (Phi) is 3.44. The van der Waals surface area contributed by atoms with E-state index in [4.69, 9.17) is 5.11 Å². The molecule has 0 aliphatic carbocycles. The number of aromatic nitrogens is 1. The molecule has 0 aliphatic heterocycles. The van der Waals surface area contributed by atoms with Gasteiger partial charge in [-0.25, -0.2) is 4.39 Å². The van der Waals surface area contributed by atoms with Crippen LogP contribution in [-0.2, 0) is 0 Å². The molecule has 0 amide bonds. The molecule has 0 aromatic carbocycles. The van der Waals surface area contributed by atoms with E-state index in [1.165, 1.54) is 17.4 Å². The lowest BCUT2D eigenvalue weighted by atomic mass is 10.2. The zero-order valence-corrected chi connectivity index (χ0v) is 9.25. The molecule has 0 aliphatic rings. The molecule has 2 aromatic heterocycles. The molecule has 82 valence electrons. The van der Waals surface area contributed by atoms with Gasteiger partial charge in [0.2, 0.25) is 0 Å². The zero-order chi connectivity index (χ0) is 11.4. The number of aliphatic hydroxyl groups excluding tert-OH is 1. The van der Waals surface area contributed by atoms with E-state index in [-0.39, 0.29) is 0 Å². The molecule has 0 bridgehead atoms. The maximum atomic E-state index is 12.8. The van der Waals surface area contributed by atoms with Crippen LogP contribution in [0, 0.1) is 0 Å². The number of thiophene rings is 1. The average molecular weight is 235 g/mol. The summed E-state index contributed by atoms with van der Waals surface area (Å²) in [4.78, 5) is 5.78. The van der Waals surface area contributed by atoms with Crippen molar-refractivity contribution < 1.29 is 9.50 Å². The first-order chi connectivity index (χ1) is 7.79. The first-order valence-electron chi connectivity index (χ1n) is 4.77. The molecule has 2 heterocycles. The standard InChI is InChI=1S/C12H10FNOS/c13-10(8-15)7-11-1-2-12(16-11)9-3-5-14-6-4-9/h1-7,15H,8H2/b10-7+. The van der Waals surface area contributed by atoms with Crippen LogP contribution in [0.2, 0.25) is 0 Å². The Labute approximate surface area is 96.7 Å². The van der Waals surface area contributed by atoms with Crippen LogP contribution in [0.25, 0.3) is 16.5 Å². The van der Waals surface area contributed by atoms with Crippen LogP contribution in [0.1, 0.15) is 4.88 Å². The molecule has 0 unspecified atom stereocenters. The summed E-state index contributed by atoms with van der Waals surface area (Å²) in [5, 5.41) is 8.57. The van der Waals surface area contributed by atoms with E-state index >= 15 is 0 Å². The van der Waals surface area contributed by atoms with Gasteiger partial charge in [-0.15, -0.1) is 11.3 Å². The lowest BCUT2D eigenvalue weighted by Gasteiger charge is -1.93. The predicted octanol–water partition coefficient (Wildman–Crippen LogP) is 3.11. The zero-order valence-electron chi connectivity index (χ0n) is 8.43. The van der Waals surface area contributed by atoms with E-state index in [2.05, 4.69) is 4.98 Å². The Balaban J connectivity index is 2.27. The molecule has 0 atom stereocenters. The Morgan fingerprint density at radius 1 is 1.31 bits per heavy atom. The summed E-state index contributed by atoms with van der Waals surface area (Å²) in [5.41, 5.74) is 1.06. The van der Waals surface area contributed by atoms with Crippen LogP contribution in [-0.4, -0.2) is 16.7 Å². The Bertz CT molecular complexity index is 493. The second kappa shape index (κ2) is 5.01. The van der Waals surface area contributed by atoms with Gasteiger partial charge in [-0.3, -0.25) is 4.98 Å². The van der Waals surface area contributed by atoms with Gasteiger partial charge >= 0.3 is 0 Å². The molecule has 2 rings (SSSR count). The molecule has 0 saturated heterocycles. The van der Waals surface area contributed by atoms with E-state index in [0.29, 0.717) is 0 Å². The van der Waals surface area contributed by atoms with Gasteiger partial charge < -0.3 is 5.11 Å². The van der Waals surface area contributed by atoms with Gasteiger partial charge in [0.05, 0.1) is 6.61 Å². The third-order valence-electron chi connectivity index (χ3n) is 2.04. The molecular weight excluding hydrogens is 225 g/mol. The number of rotatable bonds is 3. The first-order valence-corrected chi connectivity index (χ1v) is 5.58. The molecule has 0 saturated carbocycles. The highest BCUT2D eigenvalue weighted by Crippen LogP contribution is 2.28. The molecular formula is C12H10FNOS. The number of aliphatic hydroxyl groups is 1. The minimum absolute atomic E-state index is 0.525. The quantitative estimate of drug-likeness (QED) is 0.886. The van der Waals surface area contributed by atoms with Crippen molar-refractivity contribution >= 4 is 17.4 Å². The van der Waals surface area contributed by atoms with Gasteiger partial charge in [-0.05, 0) is 35.9 Å².